The molecule has 7 nitrogen and oxygen atoms in total. The van der Waals surface area contributed by atoms with Crippen molar-refractivity contribution in [2.45, 2.75) is 38.6 Å². The van der Waals surface area contributed by atoms with E-state index in [1.807, 2.05) is 0 Å². The van der Waals surface area contributed by atoms with Gasteiger partial charge in [-0.05, 0) is 43.7 Å². The van der Waals surface area contributed by atoms with Crippen molar-refractivity contribution in [3.8, 4) is 5.75 Å². The number of ether oxygens (including phenoxy) is 2. The van der Waals surface area contributed by atoms with Gasteiger partial charge in [0.05, 0.1) is 29.2 Å². The number of hydrogen-bond donors (Lipinski definition) is 3. The van der Waals surface area contributed by atoms with E-state index in [9.17, 15) is 31.5 Å². The lowest BCUT2D eigenvalue weighted by Gasteiger charge is -2.40. The Bertz CT molecular complexity index is 1130. The highest BCUT2D eigenvalue weighted by Crippen LogP contribution is 2.48. The first-order valence-corrected chi connectivity index (χ1v) is 11.1. The number of nitrogens with one attached hydrogen (secondary N) is 3. The summed E-state index contributed by atoms with van der Waals surface area (Å²) in [5.41, 5.74) is 1.82. The van der Waals surface area contributed by atoms with Crippen LogP contribution in [0.1, 0.15) is 31.4 Å². The molecule has 1 fully saturated rings. The Balaban J connectivity index is 2.01. The molecule has 2 aromatic carbocycles. The standard InChI is InChI=1S/C23H23ClF5N3O4/c1-3-35-19(34)21(2)12-30-32-22(21,13-7-8-16(17(24)9-13)23(27,28)29)11-18(33)31-14-5-4-6-15(10-14)36-20(25)26/h4-10,20,30,32H,3,11-12H2,1-2H3,(H,31,33). The van der Waals surface area contributed by atoms with Gasteiger partial charge in [-0.1, -0.05) is 23.7 Å². The highest BCUT2D eigenvalue weighted by Gasteiger charge is 2.60. The van der Waals surface area contributed by atoms with Crippen molar-refractivity contribution < 1.29 is 41.0 Å². The summed E-state index contributed by atoms with van der Waals surface area (Å²) in [6.45, 7) is 0.0439. The molecule has 0 radical (unpaired) electrons. The minimum absolute atomic E-state index is 0.0184. The molecule has 3 N–H and O–H groups in total. The average molecular weight is 536 g/mol. The molecule has 1 saturated heterocycles. The SMILES string of the molecule is CCOC(=O)C1(C)CNNC1(CC(=O)Nc1cccc(OC(F)F)c1)c1ccc(C(F)(F)F)c(Cl)c1. The van der Waals surface area contributed by atoms with Crippen molar-refractivity contribution in [3.05, 3.63) is 58.6 Å². The van der Waals surface area contributed by atoms with Gasteiger partial charge in [0.25, 0.3) is 0 Å². The molecule has 2 unspecified atom stereocenters. The van der Waals surface area contributed by atoms with E-state index in [2.05, 4.69) is 20.9 Å². The lowest BCUT2D eigenvalue weighted by molar-refractivity contribution is -0.158. The third-order valence-corrected chi connectivity index (χ3v) is 6.26. The summed E-state index contributed by atoms with van der Waals surface area (Å²) >= 11 is 5.95. The fraction of sp³-hybridized carbons (Fsp3) is 0.391. The van der Waals surface area contributed by atoms with Crippen LogP contribution in [-0.4, -0.2) is 31.6 Å². The number of carbonyl (C=O) groups excluding carboxylic acids is 2. The van der Waals surface area contributed by atoms with Gasteiger partial charge in [0.15, 0.2) is 0 Å². The van der Waals surface area contributed by atoms with E-state index in [0.29, 0.717) is 0 Å². The molecule has 0 saturated carbocycles. The van der Waals surface area contributed by atoms with Crippen molar-refractivity contribution in [1.29, 1.82) is 0 Å². The number of alkyl halides is 5. The predicted octanol–water partition coefficient (Wildman–Crippen LogP) is 4.86. The van der Waals surface area contributed by atoms with Gasteiger partial charge < -0.3 is 14.8 Å². The zero-order chi connectivity index (χ0) is 26.7. The predicted molar refractivity (Wildman–Crippen MR) is 120 cm³/mol. The van der Waals surface area contributed by atoms with Crippen LogP contribution in [0.3, 0.4) is 0 Å². The Kier molecular flexibility index (Phi) is 8.11. The maximum atomic E-state index is 13.3. The molecule has 196 valence electrons. The van der Waals surface area contributed by atoms with Gasteiger partial charge in [-0.25, -0.2) is 5.43 Å². The summed E-state index contributed by atoms with van der Waals surface area (Å²) in [5.74, 6) is -1.56. The quantitative estimate of drug-likeness (QED) is 0.330. The van der Waals surface area contributed by atoms with Gasteiger partial charge in [-0.2, -0.15) is 22.0 Å². The number of benzene rings is 2. The van der Waals surface area contributed by atoms with Gasteiger partial charge in [0.2, 0.25) is 5.91 Å². The van der Waals surface area contributed by atoms with E-state index in [0.717, 1.165) is 18.2 Å². The topological polar surface area (TPSA) is 88.7 Å². The number of rotatable bonds is 8. The van der Waals surface area contributed by atoms with Crippen LogP contribution in [-0.2, 0) is 26.0 Å². The molecule has 36 heavy (non-hydrogen) atoms. The maximum absolute atomic E-state index is 13.3. The van der Waals surface area contributed by atoms with Gasteiger partial charge in [-0.15, -0.1) is 0 Å². The fourth-order valence-corrected chi connectivity index (χ4v) is 4.42. The van der Waals surface area contributed by atoms with Crippen LogP contribution in [0.4, 0.5) is 27.6 Å². The minimum Gasteiger partial charge on any atom is -0.465 e. The number of hydrogen-bond acceptors (Lipinski definition) is 6. The van der Waals surface area contributed by atoms with Crippen LogP contribution in [0.2, 0.25) is 5.02 Å². The van der Waals surface area contributed by atoms with E-state index in [1.54, 1.807) is 6.92 Å². The molecule has 0 bridgehead atoms. The second-order valence-electron chi connectivity index (χ2n) is 8.26. The molecule has 13 heteroatoms. The van der Waals surface area contributed by atoms with E-state index in [4.69, 9.17) is 16.3 Å². The van der Waals surface area contributed by atoms with Crippen LogP contribution in [0, 0.1) is 5.41 Å². The van der Waals surface area contributed by atoms with Crippen molar-refractivity contribution in [3.63, 3.8) is 0 Å². The monoisotopic (exact) mass is 535 g/mol. The van der Waals surface area contributed by atoms with Crippen LogP contribution in [0.15, 0.2) is 42.5 Å². The number of esters is 1. The highest BCUT2D eigenvalue weighted by atomic mass is 35.5. The normalized spacial score (nSPS) is 21.9. The molecule has 1 heterocycles. The van der Waals surface area contributed by atoms with Crippen molar-refractivity contribution in [1.82, 2.24) is 10.9 Å². The van der Waals surface area contributed by atoms with E-state index in [1.165, 1.54) is 31.2 Å². The smallest absolute Gasteiger partial charge is 0.417 e. The zero-order valence-corrected chi connectivity index (χ0v) is 19.9. The van der Waals surface area contributed by atoms with Gasteiger partial charge in [-0.3, -0.25) is 15.0 Å². The molecular weight excluding hydrogens is 513 g/mol. The summed E-state index contributed by atoms with van der Waals surface area (Å²) < 4.78 is 74.5. The first-order valence-electron chi connectivity index (χ1n) is 10.7. The Labute approximate surface area is 208 Å². The first kappa shape index (κ1) is 27.6. The Hall–Kier alpha value is -2.96. The molecule has 1 aliphatic rings. The molecule has 3 rings (SSSR count). The lowest BCUT2D eigenvalue weighted by atomic mass is 9.66. The Morgan fingerprint density at radius 2 is 1.92 bits per heavy atom. The van der Waals surface area contributed by atoms with E-state index >= 15 is 0 Å². The van der Waals surface area contributed by atoms with Crippen molar-refractivity contribution in [2.24, 2.45) is 5.41 Å². The Morgan fingerprint density at radius 3 is 2.53 bits per heavy atom. The van der Waals surface area contributed by atoms with Gasteiger partial charge in [0.1, 0.15) is 11.2 Å². The largest absolute Gasteiger partial charge is 0.465 e. The molecule has 0 spiro atoms. The number of anilines is 1. The van der Waals surface area contributed by atoms with Crippen molar-refractivity contribution >= 4 is 29.2 Å². The zero-order valence-electron chi connectivity index (χ0n) is 19.1. The molecule has 0 aromatic heterocycles. The third-order valence-electron chi connectivity index (χ3n) is 5.95. The second kappa shape index (κ2) is 10.6. The molecule has 0 aliphatic carbocycles. The molecule has 1 aliphatic heterocycles. The fourth-order valence-electron chi connectivity index (χ4n) is 4.14. The number of halogens is 6. The van der Waals surface area contributed by atoms with Crippen LogP contribution in [0.25, 0.3) is 0 Å². The summed E-state index contributed by atoms with van der Waals surface area (Å²) in [7, 11) is 0. The number of hydrazine groups is 1. The van der Waals surface area contributed by atoms with Gasteiger partial charge in [0, 0.05) is 18.3 Å². The molecule has 2 aromatic rings. The minimum atomic E-state index is -4.71. The van der Waals surface area contributed by atoms with Crippen LogP contribution >= 0.6 is 11.6 Å². The number of carbonyl (C=O) groups is 2. The molecule has 1 amide bonds. The van der Waals surface area contributed by atoms with Crippen LogP contribution < -0.4 is 20.9 Å². The molecular formula is C23H23ClF5N3O4. The summed E-state index contributed by atoms with van der Waals surface area (Å²) in [5, 5.41) is 1.92. The average Bonchev–Trinajstić information content (AvgIpc) is 3.10. The number of amides is 1. The Morgan fingerprint density at radius 1 is 1.19 bits per heavy atom. The van der Waals surface area contributed by atoms with Crippen molar-refractivity contribution in [2.75, 3.05) is 18.5 Å². The van der Waals surface area contributed by atoms with Gasteiger partial charge >= 0.3 is 18.8 Å². The first-order chi connectivity index (χ1) is 16.8. The lowest BCUT2D eigenvalue weighted by Crippen LogP contribution is -2.55. The third kappa shape index (κ3) is 5.55. The maximum Gasteiger partial charge on any atom is 0.417 e. The summed E-state index contributed by atoms with van der Waals surface area (Å²) in [6.07, 6.45) is -5.17. The van der Waals surface area contributed by atoms with E-state index < -0.39 is 52.6 Å². The second-order valence-corrected chi connectivity index (χ2v) is 8.67. The summed E-state index contributed by atoms with van der Waals surface area (Å²) in [4.78, 5) is 26.1. The van der Waals surface area contributed by atoms with Crippen LogP contribution in [0.5, 0.6) is 5.75 Å². The summed E-state index contributed by atoms with van der Waals surface area (Å²) in [6, 6.07) is 8.22. The van der Waals surface area contributed by atoms with E-state index in [-0.39, 0.29) is 30.2 Å². The highest BCUT2D eigenvalue weighted by molar-refractivity contribution is 6.31. The molecule has 2 atom stereocenters.